The number of hydrogen-bond donors (Lipinski definition) is 1. The van der Waals surface area contributed by atoms with E-state index in [1.54, 1.807) is 0 Å². The van der Waals surface area contributed by atoms with Crippen LogP contribution < -0.4 is 9.47 Å². The molecule has 0 bridgehead atoms. The summed E-state index contributed by atoms with van der Waals surface area (Å²) in [5.41, 5.74) is -0.161. The highest BCUT2D eigenvalue weighted by molar-refractivity contribution is 5.91. The average molecular weight is 308 g/mol. The maximum atomic E-state index is 11.8. The zero-order chi connectivity index (χ0) is 15.9. The van der Waals surface area contributed by atoms with Crippen molar-refractivity contribution in [2.75, 3.05) is 19.8 Å². The molecule has 118 valence electrons. The van der Waals surface area contributed by atoms with Gasteiger partial charge in [0.05, 0.1) is 13.2 Å². The van der Waals surface area contributed by atoms with Gasteiger partial charge in [0, 0.05) is 6.07 Å². The van der Waals surface area contributed by atoms with Gasteiger partial charge in [0.1, 0.15) is 23.7 Å². The van der Waals surface area contributed by atoms with Gasteiger partial charge in [0.2, 0.25) is 0 Å². The normalized spacial score (nSPS) is 11.2. The Hall–Kier alpha value is -1.96. The van der Waals surface area contributed by atoms with Gasteiger partial charge in [-0.3, -0.25) is 4.74 Å². The fraction of sp³-hybridized carbons (Fsp3) is 0.462. The standard InChI is InChI=1S/C13H15F3O5/c1-2-5-19-9-3-4-10(12(17)18)11(8-9)20-6-7-21-13(14,15)16/h3-4,8H,2,5-7H2,1H3,(H,17,18). The molecule has 0 heterocycles. The Morgan fingerprint density at radius 2 is 1.90 bits per heavy atom. The van der Waals surface area contributed by atoms with E-state index in [1.807, 2.05) is 6.92 Å². The molecular weight excluding hydrogens is 293 g/mol. The molecule has 0 unspecified atom stereocenters. The number of carbonyl (C=O) groups is 1. The lowest BCUT2D eigenvalue weighted by Gasteiger charge is -2.12. The molecule has 21 heavy (non-hydrogen) atoms. The van der Waals surface area contributed by atoms with Crippen molar-refractivity contribution in [2.24, 2.45) is 0 Å². The topological polar surface area (TPSA) is 65.0 Å². The van der Waals surface area contributed by atoms with Crippen molar-refractivity contribution in [2.45, 2.75) is 19.7 Å². The molecule has 0 aliphatic carbocycles. The van der Waals surface area contributed by atoms with Crippen LogP contribution in [-0.4, -0.2) is 37.3 Å². The number of halogens is 3. The third-order valence-electron chi connectivity index (χ3n) is 2.26. The van der Waals surface area contributed by atoms with Crippen molar-refractivity contribution in [3.8, 4) is 11.5 Å². The third kappa shape index (κ3) is 6.35. The minimum Gasteiger partial charge on any atom is -0.493 e. The van der Waals surface area contributed by atoms with E-state index in [2.05, 4.69) is 4.74 Å². The Bertz CT molecular complexity index is 473. The molecule has 1 aromatic rings. The Kier molecular flexibility index (Phi) is 6.29. The molecule has 8 heteroatoms. The van der Waals surface area contributed by atoms with E-state index in [0.29, 0.717) is 12.4 Å². The molecule has 1 N–H and O–H groups in total. The lowest BCUT2D eigenvalue weighted by atomic mass is 10.2. The van der Waals surface area contributed by atoms with Crippen LogP contribution >= 0.6 is 0 Å². The lowest BCUT2D eigenvalue weighted by Crippen LogP contribution is -2.18. The summed E-state index contributed by atoms with van der Waals surface area (Å²) in [5, 5.41) is 8.99. The van der Waals surface area contributed by atoms with E-state index in [4.69, 9.17) is 14.6 Å². The van der Waals surface area contributed by atoms with Crippen molar-refractivity contribution < 1.29 is 37.3 Å². The van der Waals surface area contributed by atoms with Crippen LogP contribution in [0.4, 0.5) is 13.2 Å². The summed E-state index contributed by atoms with van der Waals surface area (Å²) in [6.07, 6.45) is -3.98. The Labute approximate surface area is 119 Å². The second kappa shape index (κ2) is 7.72. The summed E-state index contributed by atoms with van der Waals surface area (Å²) in [5.74, 6) is -0.931. The molecule has 1 rings (SSSR count). The minimum absolute atomic E-state index is 0.0677. The zero-order valence-electron chi connectivity index (χ0n) is 11.3. The van der Waals surface area contributed by atoms with Crippen molar-refractivity contribution in [3.63, 3.8) is 0 Å². The van der Waals surface area contributed by atoms with Crippen molar-refractivity contribution >= 4 is 5.97 Å². The fourth-order valence-electron chi connectivity index (χ4n) is 1.42. The van der Waals surface area contributed by atoms with Gasteiger partial charge in [0.25, 0.3) is 0 Å². The summed E-state index contributed by atoms with van der Waals surface area (Å²) in [7, 11) is 0. The minimum atomic E-state index is -4.74. The summed E-state index contributed by atoms with van der Waals surface area (Å²) in [4.78, 5) is 11.0. The highest BCUT2D eigenvalue weighted by Gasteiger charge is 2.28. The van der Waals surface area contributed by atoms with Crippen LogP contribution in [0.3, 0.4) is 0 Å². The van der Waals surface area contributed by atoms with Gasteiger partial charge in [-0.2, -0.15) is 0 Å². The van der Waals surface area contributed by atoms with E-state index >= 15 is 0 Å². The molecular formula is C13H15F3O5. The molecule has 1 aromatic carbocycles. The van der Waals surface area contributed by atoms with Gasteiger partial charge in [-0.25, -0.2) is 4.79 Å². The predicted octanol–water partition coefficient (Wildman–Crippen LogP) is 3.09. The Morgan fingerprint density at radius 3 is 2.48 bits per heavy atom. The maximum Gasteiger partial charge on any atom is 0.522 e. The van der Waals surface area contributed by atoms with Crippen LogP contribution in [0, 0.1) is 0 Å². The summed E-state index contributed by atoms with van der Waals surface area (Å²) in [6.45, 7) is 1.17. The van der Waals surface area contributed by atoms with Crippen LogP contribution in [0.25, 0.3) is 0 Å². The molecule has 0 fully saturated rings. The first-order chi connectivity index (χ1) is 9.83. The quantitative estimate of drug-likeness (QED) is 0.748. The number of benzene rings is 1. The monoisotopic (exact) mass is 308 g/mol. The molecule has 0 saturated heterocycles. The third-order valence-corrected chi connectivity index (χ3v) is 2.26. The SMILES string of the molecule is CCCOc1ccc(C(=O)O)c(OCCOC(F)(F)F)c1. The number of alkyl halides is 3. The van der Waals surface area contributed by atoms with Crippen LogP contribution in [0.2, 0.25) is 0 Å². The maximum absolute atomic E-state index is 11.8. The lowest BCUT2D eigenvalue weighted by molar-refractivity contribution is -0.325. The molecule has 0 radical (unpaired) electrons. The van der Waals surface area contributed by atoms with Gasteiger partial charge in [0.15, 0.2) is 0 Å². The van der Waals surface area contributed by atoms with Gasteiger partial charge in [-0.05, 0) is 18.6 Å². The van der Waals surface area contributed by atoms with E-state index in [1.165, 1.54) is 18.2 Å². The van der Waals surface area contributed by atoms with E-state index in [-0.39, 0.29) is 11.3 Å². The summed E-state index contributed by atoms with van der Waals surface area (Å²) in [6, 6.07) is 4.05. The molecule has 0 aliphatic heterocycles. The number of rotatable bonds is 8. The number of carboxylic acids is 1. The molecule has 0 saturated carbocycles. The van der Waals surface area contributed by atoms with Gasteiger partial charge < -0.3 is 14.6 Å². The largest absolute Gasteiger partial charge is 0.522 e. The average Bonchev–Trinajstić information content (AvgIpc) is 2.40. The second-order valence-corrected chi connectivity index (χ2v) is 3.95. The van der Waals surface area contributed by atoms with E-state index in [0.717, 1.165) is 6.42 Å². The first-order valence-electron chi connectivity index (χ1n) is 6.17. The van der Waals surface area contributed by atoms with Crippen molar-refractivity contribution in [1.29, 1.82) is 0 Å². The highest BCUT2D eigenvalue weighted by Crippen LogP contribution is 2.25. The number of aromatic carboxylic acids is 1. The molecule has 5 nitrogen and oxygen atoms in total. The first kappa shape index (κ1) is 17.1. The smallest absolute Gasteiger partial charge is 0.493 e. The highest BCUT2D eigenvalue weighted by atomic mass is 19.4. The zero-order valence-corrected chi connectivity index (χ0v) is 11.3. The van der Waals surface area contributed by atoms with Crippen LogP contribution in [-0.2, 0) is 4.74 Å². The Morgan fingerprint density at radius 1 is 1.19 bits per heavy atom. The first-order valence-corrected chi connectivity index (χ1v) is 6.17. The van der Waals surface area contributed by atoms with E-state index in [9.17, 15) is 18.0 Å². The van der Waals surface area contributed by atoms with Gasteiger partial charge >= 0.3 is 12.3 Å². The molecule has 0 spiro atoms. The second-order valence-electron chi connectivity index (χ2n) is 3.95. The van der Waals surface area contributed by atoms with Crippen molar-refractivity contribution in [1.82, 2.24) is 0 Å². The summed E-state index contributed by atoms with van der Waals surface area (Å²) < 4.78 is 49.3. The summed E-state index contributed by atoms with van der Waals surface area (Å²) >= 11 is 0. The van der Waals surface area contributed by atoms with Crippen molar-refractivity contribution in [3.05, 3.63) is 23.8 Å². The fourth-order valence-corrected chi connectivity index (χ4v) is 1.42. The molecule has 0 aliphatic rings. The Balaban J connectivity index is 2.69. The molecule has 0 aromatic heterocycles. The van der Waals surface area contributed by atoms with Crippen LogP contribution in [0.1, 0.15) is 23.7 Å². The van der Waals surface area contributed by atoms with Gasteiger partial charge in [-0.1, -0.05) is 6.92 Å². The van der Waals surface area contributed by atoms with Gasteiger partial charge in [-0.15, -0.1) is 13.2 Å². The number of ether oxygens (including phenoxy) is 3. The van der Waals surface area contributed by atoms with Crippen LogP contribution in [0.15, 0.2) is 18.2 Å². The molecule has 0 amide bonds. The van der Waals surface area contributed by atoms with E-state index < -0.39 is 25.5 Å². The van der Waals surface area contributed by atoms with Crippen LogP contribution in [0.5, 0.6) is 11.5 Å². The molecule has 0 atom stereocenters. The number of carboxylic acid groups (broad SMARTS) is 1. The number of hydrogen-bond acceptors (Lipinski definition) is 4. The predicted molar refractivity (Wildman–Crippen MR) is 66.7 cm³/mol.